The Bertz CT molecular complexity index is 1920. The largest absolute Gasteiger partial charge is 0.492 e. The van der Waals surface area contributed by atoms with E-state index in [1.54, 1.807) is 36.8 Å². The second kappa shape index (κ2) is 13.5. The minimum Gasteiger partial charge on any atom is -0.492 e. The van der Waals surface area contributed by atoms with Crippen LogP contribution in [0.3, 0.4) is 0 Å². The molecule has 4 aromatic rings. The Labute approximate surface area is 299 Å². The molecule has 11 nitrogen and oxygen atoms in total. The van der Waals surface area contributed by atoms with Gasteiger partial charge in [-0.25, -0.2) is 4.68 Å². The number of carbonyl (C=O) groups excluding carboxylic acids is 2. The van der Waals surface area contributed by atoms with E-state index in [-0.39, 0.29) is 41.4 Å². The van der Waals surface area contributed by atoms with Crippen molar-refractivity contribution < 1.29 is 27.5 Å². The number of ether oxygens (including phenoxy) is 1. The number of aromatic nitrogens is 5. The molecule has 0 unspecified atom stereocenters. The maximum Gasteiger partial charge on any atom is 0.416 e. The highest BCUT2D eigenvalue weighted by Crippen LogP contribution is 2.59. The number of alkyl halides is 3. The maximum absolute atomic E-state index is 14.0. The Balaban J connectivity index is 0.907. The summed E-state index contributed by atoms with van der Waals surface area (Å²) in [6.45, 7) is 4.36. The summed E-state index contributed by atoms with van der Waals surface area (Å²) in [5.74, 6) is 2.84. The van der Waals surface area contributed by atoms with E-state index in [1.165, 1.54) is 60.4 Å². The number of pyridine rings is 1. The first-order chi connectivity index (χ1) is 25.0. The molecule has 1 saturated heterocycles. The molecule has 1 aromatic carbocycles. The molecule has 9 rings (SSSR count). The molecule has 4 aliphatic carbocycles. The first-order valence-corrected chi connectivity index (χ1v) is 18.1. The fourth-order valence-electron chi connectivity index (χ4n) is 9.27. The third-order valence-corrected chi connectivity index (χ3v) is 11.3. The van der Waals surface area contributed by atoms with E-state index in [2.05, 4.69) is 25.6 Å². The Morgan fingerprint density at radius 3 is 2.29 bits per heavy atom. The molecule has 0 atom stereocenters. The van der Waals surface area contributed by atoms with E-state index >= 15 is 0 Å². The Morgan fingerprint density at radius 1 is 0.904 bits per heavy atom. The number of benzene rings is 1. The molecule has 5 aliphatic rings. The standard InChI is InChI=1S/C38H41F3N8O3/c1-2-52-32-14-28(19-42-21-32)29-20-44-49(22-29)31-13-27(12-30(15-31)38(39,40)41)36(51)48-7-5-47(6-8-48)34-4-3-33(45-46-34)35(50)43-23-37-16-24-9-25(17-37)11-26(10-24)18-37/h3-4,12-15,19-22,24-26H,2,5-11,16-18,23H2,1H3,(H,43,50). The van der Waals surface area contributed by atoms with E-state index in [0.717, 1.165) is 29.9 Å². The monoisotopic (exact) mass is 714 g/mol. The number of carbonyl (C=O) groups is 2. The van der Waals surface area contributed by atoms with Crippen LogP contribution >= 0.6 is 0 Å². The molecule has 4 heterocycles. The number of piperazine rings is 1. The summed E-state index contributed by atoms with van der Waals surface area (Å²) in [7, 11) is 0. The lowest BCUT2D eigenvalue weighted by atomic mass is 9.49. The summed E-state index contributed by atoms with van der Waals surface area (Å²) in [4.78, 5) is 34.3. The fourth-order valence-corrected chi connectivity index (χ4v) is 9.27. The van der Waals surface area contributed by atoms with Gasteiger partial charge in [-0.1, -0.05) is 0 Å². The van der Waals surface area contributed by atoms with Crippen LogP contribution in [0.4, 0.5) is 19.0 Å². The van der Waals surface area contributed by atoms with Crippen LogP contribution in [0.2, 0.25) is 0 Å². The van der Waals surface area contributed by atoms with Crippen molar-refractivity contribution in [2.75, 3.05) is 44.2 Å². The lowest BCUT2D eigenvalue weighted by Crippen LogP contribution is -2.51. The minimum absolute atomic E-state index is 0.0842. The number of halogens is 3. The van der Waals surface area contributed by atoms with Crippen molar-refractivity contribution in [2.45, 2.75) is 51.6 Å². The van der Waals surface area contributed by atoms with E-state index in [4.69, 9.17) is 4.74 Å². The van der Waals surface area contributed by atoms with Gasteiger partial charge >= 0.3 is 6.18 Å². The van der Waals surface area contributed by atoms with Gasteiger partial charge in [0.05, 0.1) is 30.3 Å². The van der Waals surface area contributed by atoms with Gasteiger partial charge in [-0.2, -0.15) is 18.3 Å². The summed E-state index contributed by atoms with van der Waals surface area (Å²) in [5.41, 5.74) is 0.887. The third-order valence-electron chi connectivity index (χ3n) is 11.3. The summed E-state index contributed by atoms with van der Waals surface area (Å²) in [6.07, 6.45) is 9.33. The predicted octanol–water partition coefficient (Wildman–Crippen LogP) is 6.05. The number of nitrogens with one attached hydrogen (secondary N) is 1. The molecule has 4 saturated carbocycles. The zero-order valence-electron chi connectivity index (χ0n) is 29.0. The van der Waals surface area contributed by atoms with Crippen LogP contribution in [-0.2, 0) is 6.18 Å². The van der Waals surface area contributed by atoms with Crippen molar-refractivity contribution in [1.82, 2.24) is 35.2 Å². The Hall–Kier alpha value is -5.01. The normalized spacial score (nSPS) is 23.9. The number of rotatable bonds is 9. The highest BCUT2D eigenvalue weighted by Gasteiger charge is 2.50. The van der Waals surface area contributed by atoms with Crippen LogP contribution in [0.1, 0.15) is 71.9 Å². The Morgan fingerprint density at radius 2 is 1.63 bits per heavy atom. The SMILES string of the molecule is CCOc1cncc(-c2cnn(-c3cc(C(=O)N4CCN(c5ccc(C(=O)NCC67CC8CC(CC(C8)C6)C7)nn5)CC4)cc(C(F)(F)F)c3)c2)c1. The first kappa shape index (κ1) is 34.1. The van der Waals surface area contributed by atoms with Gasteiger partial charge in [0, 0.05) is 61.8 Å². The van der Waals surface area contributed by atoms with Gasteiger partial charge in [0.1, 0.15) is 5.75 Å². The molecule has 272 valence electrons. The van der Waals surface area contributed by atoms with Gasteiger partial charge in [-0.3, -0.25) is 14.6 Å². The minimum atomic E-state index is -4.67. The molecule has 0 spiro atoms. The second-order valence-corrected chi connectivity index (χ2v) is 14.9. The van der Waals surface area contributed by atoms with E-state index in [1.807, 2.05) is 11.8 Å². The molecular formula is C38H41F3N8O3. The fraction of sp³-hybridized carbons (Fsp3) is 0.474. The molecular weight excluding hydrogens is 673 g/mol. The number of amides is 2. The van der Waals surface area contributed by atoms with Crippen LogP contribution in [0.5, 0.6) is 5.75 Å². The topological polar surface area (TPSA) is 118 Å². The molecule has 14 heteroatoms. The van der Waals surface area contributed by atoms with Crippen molar-refractivity contribution >= 4 is 17.6 Å². The average Bonchev–Trinajstić information content (AvgIpc) is 3.64. The number of nitrogens with zero attached hydrogens (tertiary/aromatic N) is 7. The van der Waals surface area contributed by atoms with Crippen molar-refractivity contribution in [1.29, 1.82) is 0 Å². The lowest BCUT2D eigenvalue weighted by molar-refractivity contribution is -0.137. The molecule has 5 fully saturated rings. The van der Waals surface area contributed by atoms with Gasteiger partial charge in [0.15, 0.2) is 11.5 Å². The zero-order chi connectivity index (χ0) is 36.0. The maximum atomic E-state index is 14.0. The van der Waals surface area contributed by atoms with Gasteiger partial charge in [0.2, 0.25) is 0 Å². The van der Waals surface area contributed by atoms with Crippen molar-refractivity contribution in [3.8, 4) is 22.6 Å². The van der Waals surface area contributed by atoms with Crippen molar-refractivity contribution in [3.63, 3.8) is 0 Å². The molecule has 0 radical (unpaired) electrons. The summed E-state index contributed by atoms with van der Waals surface area (Å²) >= 11 is 0. The Kier molecular flexibility index (Phi) is 8.86. The zero-order valence-corrected chi connectivity index (χ0v) is 29.0. The third kappa shape index (κ3) is 6.94. The quantitative estimate of drug-likeness (QED) is 0.223. The van der Waals surface area contributed by atoms with Gasteiger partial charge < -0.3 is 19.9 Å². The average molecular weight is 715 g/mol. The number of hydrogen-bond donors (Lipinski definition) is 1. The summed E-state index contributed by atoms with van der Waals surface area (Å²) in [6, 6.07) is 8.49. The highest BCUT2D eigenvalue weighted by atomic mass is 19.4. The molecule has 4 bridgehead atoms. The van der Waals surface area contributed by atoms with Crippen LogP contribution in [0.25, 0.3) is 16.8 Å². The van der Waals surface area contributed by atoms with Crippen molar-refractivity contribution in [3.05, 3.63) is 78.0 Å². The molecule has 52 heavy (non-hydrogen) atoms. The van der Waals surface area contributed by atoms with Crippen LogP contribution < -0.4 is 15.0 Å². The van der Waals surface area contributed by atoms with Crippen LogP contribution in [0.15, 0.2) is 61.2 Å². The van der Waals surface area contributed by atoms with Gasteiger partial charge in [-0.15, -0.1) is 10.2 Å². The molecule has 1 N–H and O–H groups in total. The first-order valence-electron chi connectivity index (χ1n) is 18.1. The molecule has 1 aliphatic heterocycles. The highest BCUT2D eigenvalue weighted by molar-refractivity contribution is 5.95. The van der Waals surface area contributed by atoms with Crippen LogP contribution in [0, 0.1) is 23.2 Å². The van der Waals surface area contributed by atoms with Crippen LogP contribution in [-0.4, -0.2) is 81.0 Å². The summed E-state index contributed by atoms with van der Waals surface area (Å²) in [5, 5.41) is 16.0. The van der Waals surface area contributed by atoms with E-state index in [0.29, 0.717) is 48.9 Å². The lowest BCUT2D eigenvalue weighted by Gasteiger charge is -2.56. The van der Waals surface area contributed by atoms with Gasteiger partial charge in [-0.05, 0) is 105 Å². The predicted molar refractivity (Wildman–Crippen MR) is 186 cm³/mol. The van der Waals surface area contributed by atoms with E-state index < -0.39 is 17.6 Å². The molecule has 3 aromatic heterocycles. The summed E-state index contributed by atoms with van der Waals surface area (Å²) < 4.78 is 49.0. The van der Waals surface area contributed by atoms with Gasteiger partial charge in [0.25, 0.3) is 11.8 Å². The molecule has 2 amide bonds. The smallest absolute Gasteiger partial charge is 0.416 e. The number of hydrogen-bond acceptors (Lipinski definition) is 8. The number of anilines is 1. The van der Waals surface area contributed by atoms with E-state index in [9.17, 15) is 22.8 Å². The van der Waals surface area contributed by atoms with Crippen molar-refractivity contribution in [2.24, 2.45) is 23.2 Å². The second-order valence-electron chi connectivity index (χ2n) is 14.9.